The highest BCUT2D eigenvalue weighted by Gasteiger charge is 2.25. The standard InChI is InChI=1S/C20H24N4O2S/c25-18(21-9-13-22-10-3-4-11-22)14-24-17-7-2-1-6-16(17)23-12-5-8-20(23)27-15-19(24)26/h1-2,5-8,12H,3-4,9-11,13-15H2,(H,21,25). The van der Waals surface area contributed by atoms with Crippen LogP contribution in [0.5, 0.6) is 0 Å². The van der Waals surface area contributed by atoms with Crippen molar-refractivity contribution in [2.45, 2.75) is 17.9 Å². The molecule has 0 bridgehead atoms. The highest BCUT2D eigenvalue weighted by atomic mass is 32.2. The molecule has 0 saturated carbocycles. The molecule has 2 aliphatic heterocycles. The lowest BCUT2D eigenvalue weighted by Gasteiger charge is -2.27. The van der Waals surface area contributed by atoms with Gasteiger partial charge in [0.25, 0.3) is 0 Å². The number of carbonyl (C=O) groups is 2. The zero-order chi connectivity index (χ0) is 18.6. The summed E-state index contributed by atoms with van der Waals surface area (Å²) in [6, 6.07) is 11.7. The summed E-state index contributed by atoms with van der Waals surface area (Å²) >= 11 is 1.50. The first-order valence-corrected chi connectivity index (χ1v) is 10.4. The van der Waals surface area contributed by atoms with Crippen LogP contribution in [0.3, 0.4) is 0 Å². The molecule has 4 rings (SSSR count). The number of carbonyl (C=O) groups excluding carboxylic acids is 2. The quantitative estimate of drug-likeness (QED) is 0.858. The molecule has 3 heterocycles. The van der Waals surface area contributed by atoms with Crippen LogP contribution in [0.25, 0.3) is 5.69 Å². The van der Waals surface area contributed by atoms with Crippen LogP contribution in [-0.2, 0) is 9.59 Å². The fourth-order valence-electron chi connectivity index (χ4n) is 3.66. The van der Waals surface area contributed by atoms with Crippen molar-refractivity contribution in [1.29, 1.82) is 0 Å². The summed E-state index contributed by atoms with van der Waals surface area (Å²) in [6.45, 7) is 3.78. The Bertz CT molecular complexity index is 829. The number of hydrogen-bond donors (Lipinski definition) is 1. The Balaban J connectivity index is 1.48. The van der Waals surface area contributed by atoms with Crippen LogP contribution in [-0.4, -0.2) is 59.8 Å². The van der Waals surface area contributed by atoms with Crippen molar-refractivity contribution in [3.8, 4) is 5.69 Å². The average molecular weight is 385 g/mol. The molecule has 1 aromatic heterocycles. The summed E-state index contributed by atoms with van der Waals surface area (Å²) in [7, 11) is 0. The predicted molar refractivity (Wildman–Crippen MR) is 108 cm³/mol. The highest BCUT2D eigenvalue weighted by molar-refractivity contribution is 7.99. The monoisotopic (exact) mass is 384 g/mol. The fourth-order valence-corrected chi connectivity index (χ4v) is 4.56. The summed E-state index contributed by atoms with van der Waals surface area (Å²) in [5.41, 5.74) is 1.69. The second-order valence-corrected chi connectivity index (χ2v) is 7.87. The Labute approximate surface area is 163 Å². The number of thioether (sulfide) groups is 1. The third-order valence-corrected chi connectivity index (χ3v) is 6.06. The van der Waals surface area contributed by atoms with Gasteiger partial charge >= 0.3 is 0 Å². The number of nitrogens with one attached hydrogen (secondary N) is 1. The van der Waals surface area contributed by atoms with Crippen molar-refractivity contribution in [3.63, 3.8) is 0 Å². The van der Waals surface area contributed by atoms with Gasteiger partial charge in [-0.05, 0) is 50.2 Å². The molecule has 0 aliphatic carbocycles. The van der Waals surface area contributed by atoms with Gasteiger partial charge in [0.15, 0.2) is 0 Å². The lowest BCUT2D eigenvalue weighted by Crippen LogP contribution is -2.44. The number of anilines is 1. The van der Waals surface area contributed by atoms with Crippen molar-refractivity contribution >= 4 is 29.3 Å². The number of para-hydroxylation sites is 2. The van der Waals surface area contributed by atoms with Gasteiger partial charge in [0.2, 0.25) is 11.8 Å². The first-order valence-electron chi connectivity index (χ1n) is 9.41. The minimum Gasteiger partial charge on any atom is -0.353 e. The number of nitrogens with zero attached hydrogens (tertiary/aromatic N) is 3. The summed E-state index contributed by atoms with van der Waals surface area (Å²) < 4.78 is 2.07. The van der Waals surface area contributed by atoms with E-state index in [-0.39, 0.29) is 18.4 Å². The van der Waals surface area contributed by atoms with Gasteiger partial charge in [-0.15, -0.1) is 0 Å². The molecule has 0 spiro atoms. The molecule has 2 amide bonds. The predicted octanol–water partition coefficient (Wildman–Crippen LogP) is 2.13. The number of aromatic nitrogens is 1. The van der Waals surface area contributed by atoms with E-state index in [2.05, 4.69) is 14.8 Å². The van der Waals surface area contributed by atoms with Gasteiger partial charge in [-0.1, -0.05) is 23.9 Å². The third-order valence-electron chi connectivity index (χ3n) is 5.04. The average Bonchev–Trinajstić information content (AvgIpc) is 3.35. The van der Waals surface area contributed by atoms with Crippen LogP contribution in [0, 0.1) is 0 Å². The van der Waals surface area contributed by atoms with Gasteiger partial charge in [0.1, 0.15) is 6.54 Å². The maximum atomic E-state index is 12.8. The summed E-state index contributed by atoms with van der Waals surface area (Å²) in [4.78, 5) is 29.3. The second kappa shape index (κ2) is 8.19. The molecule has 6 nitrogen and oxygen atoms in total. The SMILES string of the molecule is O=C(CN1C(=O)CSc2cccn2-c2ccccc21)NCCN1CCCC1. The lowest BCUT2D eigenvalue weighted by molar-refractivity contribution is -0.122. The van der Waals surface area contributed by atoms with E-state index in [0.29, 0.717) is 12.3 Å². The van der Waals surface area contributed by atoms with Crippen LogP contribution >= 0.6 is 11.8 Å². The number of amides is 2. The minimum absolute atomic E-state index is 0.0467. The molecule has 1 saturated heterocycles. The van der Waals surface area contributed by atoms with Gasteiger partial charge < -0.3 is 19.7 Å². The van der Waals surface area contributed by atoms with Gasteiger partial charge in [-0.2, -0.15) is 0 Å². The molecule has 1 aromatic carbocycles. The largest absolute Gasteiger partial charge is 0.353 e. The van der Waals surface area contributed by atoms with Crippen LogP contribution in [0.4, 0.5) is 5.69 Å². The minimum atomic E-state index is -0.115. The van der Waals surface area contributed by atoms with Crippen LogP contribution in [0.1, 0.15) is 12.8 Å². The number of benzene rings is 1. The van der Waals surface area contributed by atoms with Crippen molar-refractivity contribution in [1.82, 2.24) is 14.8 Å². The smallest absolute Gasteiger partial charge is 0.240 e. The Kier molecular flexibility index (Phi) is 5.50. The highest BCUT2D eigenvalue weighted by Crippen LogP contribution is 2.32. The third kappa shape index (κ3) is 4.04. The molecule has 7 heteroatoms. The van der Waals surface area contributed by atoms with Crippen LogP contribution in [0.2, 0.25) is 0 Å². The maximum Gasteiger partial charge on any atom is 0.240 e. The lowest BCUT2D eigenvalue weighted by atomic mass is 10.2. The Morgan fingerprint density at radius 1 is 1.07 bits per heavy atom. The Morgan fingerprint density at radius 3 is 2.67 bits per heavy atom. The molecule has 2 aliphatic rings. The second-order valence-electron chi connectivity index (χ2n) is 6.87. The first kappa shape index (κ1) is 18.1. The Morgan fingerprint density at radius 2 is 1.85 bits per heavy atom. The molecule has 0 radical (unpaired) electrons. The molecule has 0 atom stereocenters. The molecular formula is C20H24N4O2S. The molecular weight excluding hydrogens is 360 g/mol. The Hall–Kier alpha value is -2.25. The molecule has 0 unspecified atom stereocenters. The zero-order valence-electron chi connectivity index (χ0n) is 15.3. The van der Waals surface area contributed by atoms with Gasteiger partial charge in [-0.3, -0.25) is 9.59 Å². The molecule has 1 N–H and O–H groups in total. The topological polar surface area (TPSA) is 57.6 Å². The molecule has 142 valence electrons. The number of fused-ring (bicyclic) bond motifs is 3. The van der Waals surface area contributed by atoms with E-state index in [1.54, 1.807) is 4.90 Å². The summed E-state index contributed by atoms with van der Waals surface area (Å²) in [5.74, 6) is 0.157. The number of hydrogen-bond acceptors (Lipinski definition) is 4. The van der Waals surface area contributed by atoms with E-state index in [0.717, 1.165) is 36.0 Å². The van der Waals surface area contributed by atoms with Crippen molar-refractivity contribution < 1.29 is 9.59 Å². The fraction of sp³-hybridized carbons (Fsp3) is 0.400. The van der Waals surface area contributed by atoms with E-state index >= 15 is 0 Å². The van der Waals surface area contributed by atoms with E-state index in [1.165, 1.54) is 24.6 Å². The van der Waals surface area contributed by atoms with E-state index in [9.17, 15) is 9.59 Å². The molecule has 1 fully saturated rings. The zero-order valence-corrected chi connectivity index (χ0v) is 16.1. The van der Waals surface area contributed by atoms with Crippen LogP contribution in [0.15, 0.2) is 47.6 Å². The van der Waals surface area contributed by atoms with Gasteiger partial charge in [0.05, 0.1) is 22.2 Å². The van der Waals surface area contributed by atoms with E-state index < -0.39 is 0 Å². The molecule has 2 aromatic rings. The molecule has 27 heavy (non-hydrogen) atoms. The number of likely N-dealkylation sites (tertiary alicyclic amines) is 1. The van der Waals surface area contributed by atoms with Crippen LogP contribution < -0.4 is 10.2 Å². The summed E-state index contributed by atoms with van der Waals surface area (Å²) in [5, 5.41) is 4.00. The maximum absolute atomic E-state index is 12.8. The van der Waals surface area contributed by atoms with E-state index in [4.69, 9.17) is 0 Å². The van der Waals surface area contributed by atoms with Crippen molar-refractivity contribution in [2.75, 3.05) is 43.4 Å². The van der Waals surface area contributed by atoms with Gasteiger partial charge in [-0.25, -0.2) is 0 Å². The number of rotatable bonds is 5. The van der Waals surface area contributed by atoms with Gasteiger partial charge in [0, 0.05) is 19.3 Å². The first-order chi connectivity index (χ1) is 13.2. The normalized spacial score (nSPS) is 17.2. The van der Waals surface area contributed by atoms with E-state index in [1.807, 2.05) is 42.6 Å². The summed E-state index contributed by atoms with van der Waals surface area (Å²) in [6.07, 6.45) is 4.48. The van der Waals surface area contributed by atoms with Crippen molar-refractivity contribution in [3.05, 3.63) is 42.6 Å². The van der Waals surface area contributed by atoms with Crippen molar-refractivity contribution in [2.24, 2.45) is 0 Å².